The van der Waals surface area contributed by atoms with E-state index in [9.17, 15) is 0 Å². The Hall–Kier alpha value is -0.860. The molecule has 1 rings (SSSR count). The lowest BCUT2D eigenvalue weighted by atomic mass is 9.93. The summed E-state index contributed by atoms with van der Waals surface area (Å²) in [4.78, 5) is 2.31. The zero-order valence-electron chi connectivity index (χ0n) is 10.7. The fourth-order valence-corrected chi connectivity index (χ4v) is 1.96. The van der Waals surface area contributed by atoms with Crippen LogP contribution >= 0.6 is 0 Å². The zero-order chi connectivity index (χ0) is 12.0. The summed E-state index contributed by atoms with van der Waals surface area (Å²) >= 11 is 0. The number of hydrogen-bond acceptors (Lipinski definition) is 2. The maximum Gasteiger partial charge on any atom is 0.0278 e. The topological polar surface area (TPSA) is 29.3 Å². The highest BCUT2D eigenvalue weighted by atomic mass is 15.1. The van der Waals surface area contributed by atoms with E-state index in [2.05, 4.69) is 56.1 Å². The normalized spacial score (nSPS) is 12.1. The van der Waals surface area contributed by atoms with Crippen LogP contribution in [0.15, 0.2) is 30.3 Å². The molecule has 0 atom stereocenters. The second-order valence-corrected chi connectivity index (χ2v) is 4.73. The first-order valence-corrected chi connectivity index (χ1v) is 6.11. The van der Waals surface area contributed by atoms with Crippen LogP contribution in [0.4, 0.5) is 0 Å². The summed E-state index contributed by atoms with van der Waals surface area (Å²) in [5.41, 5.74) is 7.62. The molecule has 0 aliphatic carbocycles. The smallest absolute Gasteiger partial charge is 0.0278 e. The first kappa shape index (κ1) is 13.2. The molecule has 0 heterocycles. The maximum absolute atomic E-state index is 6.31. The Balaban J connectivity index is 2.50. The van der Waals surface area contributed by atoms with Gasteiger partial charge in [0.1, 0.15) is 0 Å². The molecule has 0 bridgehead atoms. The Morgan fingerprint density at radius 1 is 1.12 bits per heavy atom. The third-order valence-electron chi connectivity index (χ3n) is 3.29. The molecule has 0 unspecified atom stereocenters. The van der Waals surface area contributed by atoms with Gasteiger partial charge < -0.3 is 10.6 Å². The number of hydrogen-bond donors (Lipinski definition) is 1. The molecular weight excluding hydrogens is 196 g/mol. The van der Waals surface area contributed by atoms with Gasteiger partial charge in [0.05, 0.1) is 0 Å². The Morgan fingerprint density at radius 2 is 1.69 bits per heavy atom. The van der Waals surface area contributed by atoms with Crippen LogP contribution in [-0.2, 0) is 6.54 Å². The van der Waals surface area contributed by atoms with Crippen LogP contribution in [0.5, 0.6) is 0 Å². The molecule has 1 aromatic carbocycles. The minimum absolute atomic E-state index is 0.0382. The molecule has 0 aliphatic heterocycles. The lowest BCUT2D eigenvalue weighted by Crippen LogP contribution is -2.48. The Kier molecular flexibility index (Phi) is 4.97. The van der Waals surface area contributed by atoms with Crippen LogP contribution in [0.3, 0.4) is 0 Å². The summed E-state index contributed by atoms with van der Waals surface area (Å²) in [6.07, 6.45) is 2.06. The van der Waals surface area contributed by atoms with E-state index < -0.39 is 0 Å². The van der Waals surface area contributed by atoms with Crippen molar-refractivity contribution in [1.29, 1.82) is 0 Å². The molecule has 0 radical (unpaired) electrons. The quantitative estimate of drug-likeness (QED) is 0.798. The van der Waals surface area contributed by atoms with Crippen molar-refractivity contribution >= 4 is 0 Å². The molecular formula is C14H24N2. The molecule has 0 saturated carbocycles. The number of likely N-dealkylation sites (N-methyl/N-ethyl adjacent to an activating group) is 1. The van der Waals surface area contributed by atoms with Crippen molar-refractivity contribution in [2.75, 3.05) is 13.6 Å². The van der Waals surface area contributed by atoms with E-state index in [4.69, 9.17) is 5.73 Å². The Bertz CT molecular complexity index is 291. The van der Waals surface area contributed by atoms with Gasteiger partial charge in [-0.15, -0.1) is 0 Å². The number of nitrogens with zero attached hydrogens (tertiary/aromatic N) is 1. The molecule has 0 fully saturated rings. The summed E-state index contributed by atoms with van der Waals surface area (Å²) in [5.74, 6) is 0. The standard InChI is InChI=1S/C14H24N2/c1-4-14(15,5-2)12-16(3)11-13-9-7-6-8-10-13/h6-10H,4-5,11-12,15H2,1-3H3. The maximum atomic E-state index is 6.31. The lowest BCUT2D eigenvalue weighted by Gasteiger charge is -2.32. The average Bonchev–Trinajstić information content (AvgIpc) is 2.30. The van der Waals surface area contributed by atoms with Crippen LogP contribution < -0.4 is 5.73 Å². The highest BCUT2D eigenvalue weighted by molar-refractivity contribution is 5.14. The SMILES string of the molecule is CCC(N)(CC)CN(C)Cc1ccccc1. The van der Waals surface area contributed by atoms with Gasteiger partial charge in [-0.05, 0) is 25.5 Å². The van der Waals surface area contributed by atoms with Crippen molar-refractivity contribution in [3.8, 4) is 0 Å². The number of benzene rings is 1. The van der Waals surface area contributed by atoms with Crippen molar-refractivity contribution in [1.82, 2.24) is 4.90 Å². The molecule has 16 heavy (non-hydrogen) atoms. The third-order valence-corrected chi connectivity index (χ3v) is 3.29. The Morgan fingerprint density at radius 3 is 2.19 bits per heavy atom. The largest absolute Gasteiger partial charge is 0.324 e. The molecule has 90 valence electrons. The van der Waals surface area contributed by atoms with E-state index in [1.807, 2.05) is 0 Å². The van der Waals surface area contributed by atoms with Gasteiger partial charge in [-0.3, -0.25) is 0 Å². The second kappa shape index (κ2) is 6.02. The molecule has 2 N–H and O–H groups in total. The molecule has 0 aromatic heterocycles. The van der Waals surface area contributed by atoms with E-state index in [-0.39, 0.29) is 5.54 Å². The summed E-state index contributed by atoms with van der Waals surface area (Å²) < 4.78 is 0. The van der Waals surface area contributed by atoms with Gasteiger partial charge in [-0.1, -0.05) is 44.2 Å². The molecule has 2 nitrogen and oxygen atoms in total. The molecule has 0 amide bonds. The molecule has 0 spiro atoms. The van der Waals surface area contributed by atoms with Gasteiger partial charge in [0.15, 0.2) is 0 Å². The van der Waals surface area contributed by atoms with Crippen LogP contribution in [0.2, 0.25) is 0 Å². The monoisotopic (exact) mass is 220 g/mol. The first-order valence-electron chi connectivity index (χ1n) is 6.11. The van der Waals surface area contributed by atoms with Crippen molar-refractivity contribution < 1.29 is 0 Å². The predicted molar refractivity (Wildman–Crippen MR) is 70.3 cm³/mol. The van der Waals surface area contributed by atoms with E-state index in [1.54, 1.807) is 0 Å². The van der Waals surface area contributed by atoms with Crippen LogP contribution in [-0.4, -0.2) is 24.0 Å². The number of rotatable bonds is 6. The van der Waals surface area contributed by atoms with Crippen LogP contribution in [0.25, 0.3) is 0 Å². The zero-order valence-corrected chi connectivity index (χ0v) is 10.7. The van der Waals surface area contributed by atoms with Gasteiger partial charge in [0.2, 0.25) is 0 Å². The summed E-state index contributed by atoms with van der Waals surface area (Å²) in [5, 5.41) is 0. The predicted octanol–water partition coefficient (Wildman–Crippen LogP) is 2.64. The minimum Gasteiger partial charge on any atom is -0.324 e. The first-order chi connectivity index (χ1) is 7.59. The van der Waals surface area contributed by atoms with E-state index in [0.29, 0.717) is 0 Å². The molecule has 0 saturated heterocycles. The van der Waals surface area contributed by atoms with Crippen molar-refractivity contribution in [3.63, 3.8) is 0 Å². The van der Waals surface area contributed by atoms with Gasteiger partial charge >= 0.3 is 0 Å². The van der Waals surface area contributed by atoms with Gasteiger partial charge in [-0.25, -0.2) is 0 Å². The van der Waals surface area contributed by atoms with E-state index >= 15 is 0 Å². The Labute approximate surface area is 99.5 Å². The highest BCUT2D eigenvalue weighted by Crippen LogP contribution is 2.14. The highest BCUT2D eigenvalue weighted by Gasteiger charge is 2.21. The van der Waals surface area contributed by atoms with Crippen LogP contribution in [0.1, 0.15) is 32.3 Å². The van der Waals surface area contributed by atoms with E-state index in [1.165, 1.54) is 5.56 Å². The second-order valence-electron chi connectivity index (χ2n) is 4.73. The average molecular weight is 220 g/mol. The summed E-state index contributed by atoms with van der Waals surface area (Å²) in [6.45, 7) is 6.26. The molecule has 0 aliphatic rings. The van der Waals surface area contributed by atoms with Crippen molar-refractivity contribution in [3.05, 3.63) is 35.9 Å². The molecule has 1 aromatic rings. The summed E-state index contributed by atoms with van der Waals surface area (Å²) in [7, 11) is 2.14. The fourth-order valence-electron chi connectivity index (χ4n) is 1.96. The van der Waals surface area contributed by atoms with Gasteiger partial charge in [-0.2, -0.15) is 0 Å². The number of nitrogens with two attached hydrogens (primary N) is 1. The lowest BCUT2D eigenvalue weighted by molar-refractivity contribution is 0.228. The van der Waals surface area contributed by atoms with Crippen molar-refractivity contribution in [2.24, 2.45) is 5.73 Å². The minimum atomic E-state index is -0.0382. The summed E-state index contributed by atoms with van der Waals surface area (Å²) in [6, 6.07) is 10.5. The van der Waals surface area contributed by atoms with Crippen LogP contribution in [0, 0.1) is 0 Å². The van der Waals surface area contributed by atoms with Crippen molar-refractivity contribution in [2.45, 2.75) is 38.8 Å². The van der Waals surface area contributed by atoms with Gasteiger partial charge in [0.25, 0.3) is 0 Å². The van der Waals surface area contributed by atoms with E-state index in [0.717, 1.165) is 25.9 Å². The van der Waals surface area contributed by atoms with Gasteiger partial charge in [0, 0.05) is 18.6 Å². The fraction of sp³-hybridized carbons (Fsp3) is 0.571. The molecule has 2 heteroatoms. The third kappa shape index (κ3) is 3.95.